The molecule has 3 aromatic carbocycles. The van der Waals surface area contributed by atoms with Crippen molar-refractivity contribution in [1.29, 1.82) is 0 Å². The second-order valence-corrected chi connectivity index (χ2v) is 6.32. The van der Waals surface area contributed by atoms with Gasteiger partial charge in [0.2, 0.25) is 0 Å². The molecule has 0 amide bonds. The first-order valence-corrected chi connectivity index (χ1v) is 9.05. The van der Waals surface area contributed by atoms with Crippen LogP contribution in [0.4, 0.5) is 13.2 Å². The molecule has 0 aliphatic carbocycles. The van der Waals surface area contributed by atoms with E-state index in [0.29, 0.717) is 17.4 Å². The van der Waals surface area contributed by atoms with Gasteiger partial charge in [0.05, 0.1) is 6.61 Å². The van der Waals surface area contributed by atoms with E-state index in [-0.39, 0.29) is 16.9 Å². The molecule has 4 heteroatoms. The first-order chi connectivity index (χ1) is 13.0. The predicted molar refractivity (Wildman–Crippen MR) is 105 cm³/mol. The number of aryl methyl sites for hydroxylation is 1. The molecule has 1 nitrogen and oxygen atoms in total. The molecule has 0 heterocycles. The van der Waals surface area contributed by atoms with Gasteiger partial charge in [-0.15, -0.1) is 0 Å². The third-order valence-electron chi connectivity index (χ3n) is 4.41. The SMILES string of the molecule is CCCc1ccc(C(F)=C(F)c2ccc3c(F)c(OCC)ccc3c2)cc1. The fourth-order valence-corrected chi connectivity index (χ4v) is 3.04. The van der Waals surface area contributed by atoms with Crippen LogP contribution < -0.4 is 4.74 Å². The maximum atomic E-state index is 14.7. The molecule has 0 spiro atoms. The normalized spacial score (nSPS) is 12.2. The summed E-state index contributed by atoms with van der Waals surface area (Å²) >= 11 is 0. The highest BCUT2D eigenvalue weighted by Gasteiger charge is 2.14. The molecule has 0 saturated carbocycles. The number of fused-ring (bicyclic) bond motifs is 1. The van der Waals surface area contributed by atoms with E-state index >= 15 is 0 Å². The summed E-state index contributed by atoms with van der Waals surface area (Å²) in [5, 5.41) is 0.788. The molecule has 0 aliphatic rings. The Morgan fingerprint density at radius 2 is 1.52 bits per heavy atom. The summed E-state index contributed by atoms with van der Waals surface area (Å²) in [5.41, 5.74) is 1.34. The van der Waals surface area contributed by atoms with E-state index in [4.69, 9.17) is 4.74 Å². The van der Waals surface area contributed by atoms with Crippen LogP contribution in [0.15, 0.2) is 54.6 Å². The monoisotopic (exact) mass is 370 g/mol. The largest absolute Gasteiger partial charge is 0.491 e. The third kappa shape index (κ3) is 4.00. The molecular weight excluding hydrogens is 349 g/mol. The minimum absolute atomic E-state index is 0.0706. The Morgan fingerprint density at radius 1 is 0.852 bits per heavy atom. The van der Waals surface area contributed by atoms with E-state index in [1.165, 1.54) is 24.3 Å². The Morgan fingerprint density at radius 3 is 2.19 bits per heavy atom. The molecule has 0 aliphatic heterocycles. The van der Waals surface area contributed by atoms with Crippen LogP contribution in [0.2, 0.25) is 0 Å². The van der Waals surface area contributed by atoms with E-state index in [1.54, 1.807) is 37.3 Å². The fraction of sp³-hybridized carbons (Fsp3) is 0.217. The molecule has 27 heavy (non-hydrogen) atoms. The van der Waals surface area contributed by atoms with Crippen LogP contribution in [0.3, 0.4) is 0 Å². The number of hydrogen-bond donors (Lipinski definition) is 0. The second kappa shape index (κ2) is 8.30. The number of rotatable bonds is 6. The lowest BCUT2D eigenvalue weighted by atomic mass is 10.0. The lowest BCUT2D eigenvalue weighted by Gasteiger charge is -2.09. The average Bonchev–Trinajstić information content (AvgIpc) is 2.70. The molecule has 0 radical (unpaired) electrons. The molecule has 3 rings (SSSR count). The van der Waals surface area contributed by atoms with Crippen LogP contribution in [0, 0.1) is 5.82 Å². The van der Waals surface area contributed by atoms with Crippen LogP contribution >= 0.6 is 0 Å². The Bertz CT molecular complexity index is 975. The van der Waals surface area contributed by atoms with E-state index in [1.807, 2.05) is 0 Å². The summed E-state index contributed by atoms with van der Waals surface area (Å²) in [6.45, 7) is 4.18. The van der Waals surface area contributed by atoms with Crippen LogP contribution in [-0.4, -0.2) is 6.61 Å². The smallest absolute Gasteiger partial charge is 0.172 e. The van der Waals surface area contributed by atoms with Crippen LogP contribution in [0.25, 0.3) is 22.4 Å². The highest BCUT2D eigenvalue weighted by Crippen LogP contribution is 2.33. The molecule has 3 aromatic rings. The summed E-state index contributed by atoms with van der Waals surface area (Å²) in [5.74, 6) is -2.25. The van der Waals surface area contributed by atoms with Crippen molar-refractivity contribution < 1.29 is 17.9 Å². The molecular formula is C23H21F3O. The maximum Gasteiger partial charge on any atom is 0.172 e. The zero-order valence-corrected chi connectivity index (χ0v) is 15.4. The van der Waals surface area contributed by atoms with Crippen molar-refractivity contribution in [3.8, 4) is 5.75 Å². The van der Waals surface area contributed by atoms with Gasteiger partial charge in [-0.05, 0) is 36.4 Å². The predicted octanol–water partition coefficient (Wildman–Crippen LogP) is 7.09. The summed E-state index contributed by atoms with van der Waals surface area (Å²) in [4.78, 5) is 0. The molecule has 140 valence electrons. The van der Waals surface area contributed by atoms with Crippen molar-refractivity contribution in [2.45, 2.75) is 26.7 Å². The Kier molecular flexibility index (Phi) is 5.84. The number of benzene rings is 3. The van der Waals surface area contributed by atoms with E-state index in [0.717, 1.165) is 18.4 Å². The number of halogens is 3. The van der Waals surface area contributed by atoms with Gasteiger partial charge in [-0.3, -0.25) is 0 Å². The zero-order chi connectivity index (χ0) is 19.4. The van der Waals surface area contributed by atoms with Crippen molar-refractivity contribution in [3.63, 3.8) is 0 Å². The van der Waals surface area contributed by atoms with Gasteiger partial charge in [0.25, 0.3) is 0 Å². The summed E-state index contributed by atoms with van der Waals surface area (Å²) in [6, 6.07) is 14.2. The molecule has 0 aromatic heterocycles. The first-order valence-electron chi connectivity index (χ1n) is 9.05. The highest BCUT2D eigenvalue weighted by molar-refractivity contribution is 5.91. The van der Waals surface area contributed by atoms with Crippen molar-refractivity contribution in [3.05, 3.63) is 77.1 Å². The zero-order valence-electron chi connectivity index (χ0n) is 15.4. The summed E-state index contributed by atoms with van der Waals surface area (Å²) in [7, 11) is 0. The standard InChI is InChI=1S/C23H21F3O/c1-3-5-15-6-8-16(9-7-15)21(24)22(25)18-10-12-19-17(14-18)11-13-20(23(19)26)27-4-2/h6-14H,3-5H2,1-2H3. The molecule has 0 atom stereocenters. The van der Waals surface area contributed by atoms with E-state index < -0.39 is 17.5 Å². The Hall–Kier alpha value is -2.75. The molecule has 0 fully saturated rings. The molecule has 0 bridgehead atoms. The average molecular weight is 370 g/mol. The molecule has 0 unspecified atom stereocenters. The van der Waals surface area contributed by atoms with Crippen LogP contribution in [0.5, 0.6) is 5.75 Å². The van der Waals surface area contributed by atoms with Crippen molar-refractivity contribution in [1.82, 2.24) is 0 Å². The lowest BCUT2D eigenvalue weighted by Crippen LogP contribution is -1.95. The molecule has 0 saturated heterocycles. The van der Waals surface area contributed by atoms with Crippen molar-refractivity contribution >= 4 is 22.4 Å². The van der Waals surface area contributed by atoms with Gasteiger partial charge in [-0.1, -0.05) is 55.8 Å². The quantitative estimate of drug-likeness (QED) is 0.421. The van der Waals surface area contributed by atoms with Gasteiger partial charge in [0.1, 0.15) is 0 Å². The Balaban J connectivity index is 1.97. The van der Waals surface area contributed by atoms with Gasteiger partial charge in [0, 0.05) is 16.5 Å². The van der Waals surface area contributed by atoms with E-state index in [2.05, 4.69) is 6.92 Å². The highest BCUT2D eigenvalue weighted by atomic mass is 19.2. The van der Waals surface area contributed by atoms with Gasteiger partial charge in [-0.2, -0.15) is 0 Å². The number of ether oxygens (including phenoxy) is 1. The number of hydrogen-bond acceptors (Lipinski definition) is 1. The lowest BCUT2D eigenvalue weighted by molar-refractivity contribution is 0.323. The van der Waals surface area contributed by atoms with Crippen molar-refractivity contribution in [2.75, 3.05) is 6.61 Å². The van der Waals surface area contributed by atoms with Gasteiger partial charge >= 0.3 is 0 Å². The van der Waals surface area contributed by atoms with Crippen LogP contribution in [-0.2, 0) is 6.42 Å². The topological polar surface area (TPSA) is 9.23 Å². The summed E-state index contributed by atoms with van der Waals surface area (Å²) < 4.78 is 48.9. The van der Waals surface area contributed by atoms with Gasteiger partial charge < -0.3 is 4.74 Å². The van der Waals surface area contributed by atoms with E-state index in [9.17, 15) is 13.2 Å². The first kappa shape index (κ1) is 19.0. The fourth-order valence-electron chi connectivity index (χ4n) is 3.04. The van der Waals surface area contributed by atoms with Gasteiger partial charge in [0.15, 0.2) is 23.2 Å². The Labute approximate surface area is 157 Å². The second-order valence-electron chi connectivity index (χ2n) is 6.32. The van der Waals surface area contributed by atoms with Gasteiger partial charge in [-0.25, -0.2) is 13.2 Å². The maximum absolute atomic E-state index is 14.7. The third-order valence-corrected chi connectivity index (χ3v) is 4.41. The minimum atomic E-state index is -0.963. The minimum Gasteiger partial charge on any atom is -0.491 e. The van der Waals surface area contributed by atoms with Crippen molar-refractivity contribution in [2.24, 2.45) is 0 Å². The molecule has 0 N–H and O–H groups in total. The van der Waals surface area contributed by atoms with Crippen LogP contribution in [0.1, 0.15) is 37.0 Å². The summed E-state index contributed by atoms with van der Waals surface area (Å²) in [6.07, 6.45) is 1.89.